The van der Waals surface area contributed by atoms with Gasteiger partial charge in [0.25, 0.3) is 0 Å². The number of hydrogen-bond acceptors (Lipinski definition) is 2. The van der Waals surface area contributed by atoms with Gasteiger partial charge in [-0.15, -0.1) is 0 Å². The highest BCUT2D eigenvalue weighted by molar-refractivity contribution is 6.04. The minimum atomic E-state index is -0.385. The highest BCUT2D eigenvalue weighted by atomic mass is 16.3. The average molecular weight is 237 g/mol. The third-order valence-electron chi connectivity index (χ3n) is 2.22. The molecule has 0 fully saturated rings. The molecule has 0 aliphatic rings. The zero-order valence-corrected chi connectivity index (χ0v) is 9.55. The van der Waals surface area contributed by atoms with Crippen molar-refractivity contribution >= 4 is 11.6 Å². The van der Waals surface area contributed by atoms with Crippen molar-refractivity contribution in [3.63, 3.8) is 0 Å². The lowest BCUT2D eigenvalue weighted by Gasteiger charge is -1.99. The summed E-state index contributed by atoms with van der Waals surface area (Å²) >= 11 is 0. The van der Waals surface area contributed by atoms with Gasteiger partial charge in [-0.1, -0.05) is 24.1 Å². The van der Waals surface area contributed by atoms with E-state index in [1.165, 1.54) is 12.1 Å². The summed E-state index contributed by atoms with van der Waals surface area (Å²) in [4.78, 5) is 11.5. The smallest absolute Gasteiger partial charge is 0.300 e. The molecule has 3 nitrogen and oxygen atoms in total. The van der Waals surface area contributed by atoms with Gasteiger partial charge in [-0.3, -0.25) is 4.79 Å². The summed E-state index contributed by atoms with van der Waals surface area (Å²) < 4.78 is 0. The normalized spacial score (nSPS) is 9.11. The molecule has 2 aromatic carbocycles. The van der Waals surface area contributed by atoms with Gasteiger partial charge >= 0.3 is 5.91 Å². The summed E-state index contributed by atoms with van der Waals surface area (Å²) in [5.74, 6) is 5.04. The molecule has 0 bridgehead atoms. The van der Waals surface area contributed by atoms with E-state index < -0.39 is 0 Å². The van der Waals surface area contributed by atoms with Crippen molar-refractivity contribution in [3.8, 4) is 17.6 Å². The molecular formula is C15H11NO2. The third-order valence-corrected chi connectivity index (χ3v) is 2.22. The van der Waals surface area contributed by atoms with Gasteiger partial charge in [0.1, 0.15) is 5.75 Å². The molecule has 0 aliphatic heterocycles. The quantitative estimate of drug-likeness (QED) is 0.591. The van der Waals surface area contributed by atoms with E-state index in [0.717, 1.165) is 5.56 Å². The van der Waals surface area contributed by atoms with E-state index in [1.807, 2.05) is 30.3 Å². The molecule has 88 valence electrons. The Labute approximate surface area is 105 Å². The van der Waals surface area contributed by atoms with E-state index in [0.29, 0.717) is 5.69 Å². The Morgan fingerprint density at radius 2 is 1.67 bits per heavy atom. The third kappa shape index (κ3) is 3.39. The maximum atomic E-state index is 11.5. The van der Waals surface area contributed by atoms with Crippen molar-refractivity contribution in [1.82, 2.24) is 0 Å². The number of amides is 1. The van der Waals surface area contributed by atoms with Crippen molar-refractivity contribution in [2.75, 3.05) is 5.32 Å². The SMILES string of the molecule is O=C(C#Cc1ccccc1)Nc1ccc(O)cc1. The Hall–Kier alpha value is -2.73. The van der Waals surface area contributed by atoms with Gasteiger partial charge in [-0.05, 0) is 36.4 Å². The van der Waals surface area contributed by atoms with Crippen LogP contribution in [0.3, 0.4) is 0 Å². The molecule has 2 aromatic rings. The predicted molar refractivity (Wildman–Crippen MR) is 70.1 cm³/mol. The standard InChI is InChI=1S/C15H11NO2/c17-14-9-7-13(8-10-14)16-15(18)11-6-12-4-2-1-3-5-12/h1-5,7-10,17H,(H,16,18). The molecule has 2 rings (SSSR count). The number of rotatable bonds is 1. The van der Waals surface area contributed by atoms with Crippen molar-refractivity contribution in [1.29, 1.82) is 0 Å². The number of phenolic OH excluding ortho intramolecular Hbond substituents is 1. The molecule has 0 aliphatic carbocycles. The molecule has 0 radical (unpaired) electrons. The van der Waals surface area contributed by atoms with Gasteiger partial charge in [0.15, 0.2) is 0 Å². The van der Waals surface area contributed by atoms with E-state index in [1.54, 1.807) is 12.1 Å². The molecule has 0 saturated heterocycles. The van der Waals surface area contributed by atoms with Gasteiger partial charge in [0, 0.05) is 17.2 Å². The number of hydrogen-bond donors (Lipinski definition) is 2. The number of nitrogens with one attached hydrogen (secondary N) is 1. The molecule has 3 heteroatoms. The van der Waals surface area contributed by atoms with E-state index in [-0.39, 0.29) is 11.7 Å². The topological polar surface area (TPSA) is 49.3 Å². The van der Waals surface area contributed by atoms with Crippen molar-refractivity contribution in [2.45, 2.75) is 0 Å². The van der Waals surface area contributed by atoms with Crippen LogP contribution in [0.15, 0.2) is 54.6 Å². The Kier molecular flexibility index (Phi) is 3.62. The van der Waals surface area contributed by atoms with E-state index in [4.69, 9.17) is 5.11 Å². The Morgan fingerprint density at radius 1 is 1.00 bits per heavy atom. The fraction of sp³-hybridized carbons (Fsp3) is 0. The number of carbonyl (C=O) groups excluding carboxylic acids is 1. The van der Waals surface area contributed by atoms with Gasteiger partial charge in [-0.2, -0.15) is 0 Å². The number of benzene rings is 2. The summed E-state index contributed by atoms with van der Waals surface area (Å²) in [6, 6.07) is 15.5. The van der Waals surface area contributed by atoms with Gasteiger partial charge < -0.3 is 10.4 Å². The summed E-state index contributed by atoms with van der Waals surface area (Å²) in [5, 5.41) is 11.7. The minimum absolute atomic E-state index is 0.156. The summed E-state index contributed by atoms with van der Waals surface area (Å²) in [6.07, 6.45) is 0. The molecule has 0 spiro atoms. The molecule has 1 amide bonds. The fourth-order valence-electron chi connectivity index (χ4n) is 1.36. The van der Waals surface area contributed by atoms with Crippen LogP contribution in [-0.4, -0.2) is 11.0 Å². The van der Waals surface area contributed by atoms with Crippen LogP contribution in [0.2, 0.25) is 0 Å². The second-order valence-corrected chi connectivity index (χ2v) is 3.62. The summed E-state index contributed by atoms with van der Waals surface area (Å²) in [5.41, 5.74) is 1.39. The van der Waals surface area contributed by atoms with Crippen LogP contribution in [0.5, 0.6) is 5.75 Å². The average Bonchev–Trinajstić information content (AvgIpc) is 2.40. The Morgan fingerprint density at radius 3 is 2.33 bits per heavy atom. The molecule has 0 heterocycles. The Balaban J connectivity index is 2.01. The Bertz CT molecular complexity index is 592. The zero-order valence-electron chi connectivity index (χ0n) is 9.55. The van der Waals surface area contributed by atoms with Crippen molar-refractivity contribution in [2.24, 2.45) is 0 Å². The van der Waals surface area contributed by atoms with E-state index >= 15 is 0 Å². The molecule has 0 unspecified atom stereocenters. The molecule has 0 aromatic heterocycles. The maximum absolute atomic E-state index is 11.5. The molecule has 0 saturated carbocycles. The lowest BCUT2D eigenvalue weighted by Crippen LogP contribution is -2.08. The largest absolute Gasteiger partial charge is 0.508 e. The summed E-state index contributed by atoms with van der Waals surface area (Å²) in [7, 11) is 0. The lowest BCUT2D eigenvalue weighted by molar-refractivity contribution is -0.111. The number of anilines is 1. The summed E-state index contributed by atoms with van der Waals surface area (Å²) in [6.45, 7) is 0. The number of phenols is 1. The highest BCUT2D eigenvalue weighted by Crippen LogP contribution is 2.13. The maximum Gasteiger partial charge on any atom is 0.300 e. The van der Waals surface area contributed by atoms with Crippen LogP contribution in [0.4, 0.5) is 5.69 Å². The molecule has 2 N–H and O–H groups in total. The minimum Gasteiger partial charge on any atom is -0.508 e. The first-order valence-electron chi connectivity index (χ1n) is 5.41. The van der Waals surface area contributed by atoms with Gasteiger partial charge in [-0.25, -0.2) is 0 Å². The van der Waals surface area contributed by atoms with Crippen LogP contribution in [0.25, 0.3) is 0 Å². The van der Waals surface area contributed by atoms with Crippen LogP contribution in [0.1, 0.15) is 5.56 Å². The first-order chi connectivity index (χ1) is 8.74. The van der Waals surface area contributed by atoms with Crippen LogP contribution < -0.4 is 5.32 Å². The zero-order chi connectivity index (χ0) is 12.8. The van der Waals surface area contributed by atoms with Crippen molar-refractivity contribution < 1.29 is 9.90 Å². The fourth-order valence-corrected chi connectivity index (χ4v) is 1.36. The van der Waals surface area contributed by atoms with Crippen LogP contribution in [0, 0.1) is 11.8 Å². The second kappa shape index (κ2) is 5.55. The first-order valence-corrected chi connectivity index (χ1v) is 5.41. The molecule has 18 heavy (non-hydrogen) atoms. The lowest BCUT2D eigenvalue weighted by atomic mass is 10.2. The monoisotopic (exact) mass is 237 g/mol. The predicted octanol–water partition coefficient (Wildman–Crippen LogP) is 2.38. The van der Waals surface area contributed by atoms with E-state index in [2.05, 4.69) is 17.2 Å². The number of carbonyl (C=O) groups is 1. The van der Waals surface area contributed by atoms with Crippen molar-refractivity contribution in [3.05, 3.63) is 60.2 Å². The van der Waals surface area contributed by atoms with Crippen LogP contribution >= 0.6 is 0 Å². The number of aromatic hydroxyl groups is 1. The highest BCUT2D eigenvalue weighted by Gasteiger charge is 1.97. The van der Waals surface area contributed by atoms with E-state index in [9.17, 15) is 4.79 Å². The van der Waals surface area contributed by atoms with Gasteiger partial charge in [0.05, 0.1) is 0 Å². The van der Waals surface area contributed by atoms with Crippen LogP contribution in [-0.2, 0) is 4.79 Å². The molecule has 0 atom stereocenters. The van der Waals surface area contributed by atoms with Gasteiger partial charge in [0.2, 0.25) is 0 Å². The molecular weight excluding hydrogens is 226 g/mol. The second-order valence-electron chi connectivity index (χ2n) is 3.62. The first kappa shape index (κ1) is 11.7.